The first-order valence-corrected chi connectivity index (χ1v) is 10.5. The molecule has 12 heteroatoms. The minimum Gasteiger partial charge on any atom is -0.494 e. The van der Waals surface area contributed by atoms with Crippen LogP contribution in [0.5, 0.6) is 5.75 Å². The summed E-state index contributed by atoms with van der Waals surface area (Å²) >= 11 is 0. The monoisotopic (exact) mass is 476 g/mol. The number of amides is 3. The second-order valence-electron chi connectivity index (χ2n) is 7.57. The average Bonchev–Trinajstić information content (AvgIpc) is 3.21. The van der Waals surface area contributed by atoms with Gasteiger partial charge in [-0.25, -0.2) is 4.79 Å². The van der Waals surface area contributed by atoms with E-state index < -0.39 is 42.3 Å². The molecule has 0 bridgehead atoms. The number of rotatable bonds is 6. The molecule has 2 aromatic carbocycles. The van der Waals surface area contributed by atoms with Crippen LogP contribution in [-0.2, 0) is 20.6 Å². The molecule has 0 aromatic heterocycles. The predicted octanol–water partition coefficient (Wildman–Crippen LogP) is 2.68. The molecule has 1 atom stereocenters. The van der Waals surface area contributed by atoms with Crippen LogP contribution in [0, 0.1) is 0 Å². The number of carbonyl (C=O) groups excluding carboxylic acids is 3. The van der Waals surface area contributed by atoms with E-state index in [4.69, 9.17) is 4.74 Å². The van der Waals surface area contributed by atoms with Crippen LogP contribution in [0.15, 0.2) is 53.6 Å². The number of azo groups is 2. The van der Waals surface area contributed by atoms with Gasteiger partial charge in [-0.3, -0.25) is 14.5 Å². The lowest BCUT2D eigenvalue weighted by Crippen LogP contribution is -2.52. The van der Waals surface area contributed by atoms with Gasteiger partial charge in [0, 0.05) is 29.6 Å². The zero-order valence-corrected chi connectivity index (χ0v) is 18.1. The number of hydrogen-bond donors (Lipinski definition) is 1. The number of nitrogens with zero attached hydrogens (tertiary/aromatic N) is 4. The van der Waals surface area contributed by atoms with Gasteiger partial charge in [-0.1, -0.05) is 0 Å². The predicted molar refractivity (Wildman–Crippen MR) is 113 cm³/mol. The Balaban J connectivity index is 1.49. The van der Waals surface area contributed by atoms with E-state index in [2.05, 4.69) is 10.4 Å². The Bertz CT molecular complexity index is 1130. The highest BCUT2D eigenvalue weighted by molar-refractivity contribution is 6.32. The summed E-state index contributed by atoms with van der Waals surface area (Å²) in [6.07, 6.45) is -5.30. The summed E-state index contributed by atoms with van der Waals surface area (Å²) in [6, 6.07) is 11.1. The fourth-order valence-electron chi connectivity index (χ4n) is 3.71. The fraction of sp³-hybridized carbons (Fsp3) is 0.318. The number of fused-ring (bicyclic) bond motifs is 1. The largest absolute Gasteiger partial charge is 0.502 e. The number of ether oxygens (including phenoxy) is 1. The Morgan fingerprint density at radius 3 is 2.35 bits per heavy atom. The minimum absolute atomic E-state index is 0.118. The van der Waals surface area contributed by atoms with Gasteiger partial charge >= 0.3 is 18.0 Å². The smallest absolute Gasteiger partial charge is 0.494 e. The molecular formula is C22H21F3N5O4+. The molecule has 2 aliphatic heterocycles. The number of anilines is 2. The van der Waals surface area contributed by atoms with E-state index in [1.54, 1.807) is 12.1 Å². The molecule has 2 aromatic rings. The lowest BCUT2D eigenvalue weighted by Gasteiger charge is -2.27. The first-order chi connectivity index (χ1) is 16.2. The standard InChI is InChI=1S/C22H20F3N5O4/c1-2-34-17-9-7-16(8-10-17)28-11-12-29-19(32)20(33)30(27-21(28)29)13-18(31)26-15-5-3-14(4-6-15)22(23,24)25/h3-10,21H,2,11-13H2,1H3/p+1. The summed E-state index contributed by atoms with van der Waals surface area (Å²) in [7, 11) is 0. The van der Waals surface area contributed by atoms with Crippen LogP contribution in [0.1, 0.15) is 12.5 Å². The Morgan fingerprint density at radius 1 is 1.09 bits per heavy atom. The zero-order chi connectivity index (χ0) is 24.5. The number of benzene rings is 2. The van der Waals surface area contributed by atoms with Gasteiger partial charge in [-0.05, 0) is 60.2 Å². The Hall–Kier alpha value is -3.96. The van der Waals surface area contributed by atoms with E-state index >= 15 is 0 Å². The molecule has 0 aliphatic carbocycles. The summed E-state index contributed by atoms with van der Waals surface area (Å²) in [4.78, 5) is 40.6. The summed E-state index contributed by atoms with van der Waals surface area (Å²) in [5.74, 6) is -1.75. The Kier molecular flexibility index (Phi) is 6.22. The molecule has 2 heterocycles. The van der Waals surface area contributed by atoms with Crippen LogP contribution in [0.4, 0.5) is 24.5 Å². The van der Waals surface area contributed by atoms with Crippen molar-refractivity contribution in [1.29, 1.82) is 0 Å². The molecule has 1 saturated heterocycles. The number of halogens is 3. The highest BCUT2D eigenvalue weighted by atomic mass is 19.4. The average molecular weight is 476 g/mol. The molecule has 9 nitrogen and oxygen atoms in total. The molecule has 34 heavy (non-hydrogen) atoms. The summed E-state index contributed by atoms with van der Waals surface area (Å²) in [5.41, 5.74) is 0.0244. The third-order valence-corrected chi connectivity index (χ3v) is 5.33. The van der Waals surface area contributed by atoms with Gasteiger partial charge in [0.2, 0.25) is 0 Å². The highest BCUT2D eigenvalue weighted by Crippen LogP contribution is 2.30. The van der Waals surface area contributed by atoms with Gasteiger partial charge in [0.25, 0.3) is 18.7 Å². The van der Waals surface area contributed by atoms with Crippen molar-refractivity contribution in [3.05, 3.63) is 54.1 Å². The molecule has 0 saturated carbocycles. The van der Waals surface area contributed by atoms with Crippen molar-refractivity contribution < 1.29 is 37.0 Å². The second-order valence-corrected chi connectivity index (χ2v) is 7.57. The van der Waals surface area contributed by atoms with Crippen molar-refractivity contribution >= 4 is 29.1 Å². The van der Waals surface area contributed by atoms with Crippen LogP contribution < -0.4 is 15.0 Å². The molecule has 4 rings (SSSR count). The third-order valence-electron chi connectivity index (χ3n) is 5.33. The van der Waals surface area contributed by atoms with E-state index in [1.165, 1.54) is 4.90 Å². The first kappa shape index (κ1) is 23.2. The lowest BCUT2D eigenvalue weighted by molar-refractivity contribution is -0.509. The fourth-order valence-corrected chi connectivity index (χ4v) is 3.71. The summed E-state index contributed by atoms with van der Waals surface area (Å²) in [5, 5.41) is 6.71. The van der Waals surface area contributed by atoms with Crippen molar-refractivity contribution in [3.63, 3.8) is 0 Å². The van der Waals surface area contributed by atoms with E-state index in [1.807, 2.05) is 24.0 Å². The maximum atomic E-state index is 12.7. The highest BCUT2D eigenvalue weighted by Gasteiger charge is 2.49. The molecular weight excluding hydrogens is 455 g/mol. The molecule has 1 N–H and O–H groups in total. The molecule has 3 amide bonds. The molecule has 0 spiro atoms. The first-order valence-electron chi connectivity index (χ1n) is 10.5. The number of hydrogen-bond acceptors (Lipinski definition) is 6. The van der Waals surface area contributed by atoms with Gasteiger partial charge < -0.3 is 15.0 Å². The quantitative estimate of drug-likeness (QED) is 0.511. The van der Waals surface area contributed by atoms with Crippen molar-refractivity contribution in [2.75, 3.05) is 36.5 Å². The van der Waals surface area contributed by atoms with Crippen molar-refractivity contribution in [1.82, 2.24) is 4.90 Å². The van der Waals surface area contributed by atoms with Crippen LogP contribution in [0.2, 0.25) is 0 Å². The van der Waals surface area contributed by atoms with Crippen LogP contribution in [0.25, 0.3) is 0 Å². The number of nitrogens with one attached hydrogen (secondary N) is 1. The van der Waals surface area contributed by atoms with Crippen molar-refractivity contribution in [2.24, 2.45) is 5.11 Å². The molecule has 1 fully saturated rings. The third kappa shape index (κ3) is 4.70. The molecule has 1 unspecified atom stereocenters. The molecule has 178 valence electrons. The van der Waals surface area contributed by atoms with E-state index in [0.29, 0.717) is 18.9 Å². The van der Waals surface area contributed by atoms with Gasteiger partial charge in [0.15, 0.2) is 0 Å². The minimum atomic E-state index is -4.50. The van der Waals surface area contributed by atoms with Gasteiger partial charge in [0.1, 0.15) is 5.75 Å². The Morgan fingerprint density at radius 2 is 1.74 bits per heavy atom. The molecule has 0 radical (unpaired) electrons. The lowest BCUT2D eigenvalue weighted by atomic mass is 10.2. The van der Waals surface area contributed by atoms with Gasteiger partial charge in [-0.2, -0.15) is 13.2 Å². The SMILES string of the molecule is CCOc1ccc(N2CCN3C(=O)C(=O)[N+](CC(=O)Nc4ccc(C(F)(F)F)cc4)=NC32)cc1. The normalized spacial score (nSPS) is 18.0. The maximum absolute atomic E-state index is 12.7. The van der Waals surface area contributed by atoms with Crippen molar-refractivity contribution in [3.8, 4) is 5.75 Å². The van der Waals surface area contributed by atoms with Gasteiger partial charge in [-0.15, -0.1) is 0 Å². The Labute approximate surface area is 192 Å². The second kappa shape index (κ2) is 9.12. The van der Waals surface area contributed by atoms with Crippen molar-refractivity contribution in [2.45, 2.75) is 19.4 Å². The van der Waals surface area contributed by atoms with Crippen LogP contribution in [0.3, 0.4) is 0 Å². The topological polar surface area (TPSA) is 94.3 Å². The summed E-state index contributed by atoms with van der Waals surface area (Å²) < 4.78 is 44.3. The number of alkyl halides is 3. The van der Waals surface area contributed by atoms with E-state index in [-0.39, 0.29) is 12.2 Å². The molecule has 2 aliphatic rings. The van der Waals surface area contributed by atoms with Crippen LogP contribution in [-0.4, -0.2) is 59.8 Å². The van der Waals surface area contributed by atoms with Crippen LogP contribution >= 0.6 is 0 Å². The van der Waals surface area contributed by atoms with Gasteiger partial charge in [0.05, 0.1) is 12.2 Å². The number of carbonyl (C=O) groups is 3. The van der Waals surface area contributed by atoms with E-state index in [9.17, 15) is 27.6 Å². The summed E-state index contributed by atoms with van der Waals surface area (Å²) in [6.45, 7) is 2.56. The maximum Gasteiger partial charge on any atom is 0.502 e. The zero-order valence-electron chi connectivity index (χ0n) is 18.1. The van der Waals surface area contributed by atoms with E-state index in [0.717, 1.165) is 34.7 Å².